The van der Waals surface area contributed by atoms with E-state index in [1.54, 1.807) is 18.2 Å². The Bertz CT molecular complexity index is 1470. The lowest BCUT2D eigenvalue weighted by Gasteiger charge is -2.13. The molecule has 12 nitrogen and oxygen atoms in total. The van der Waals surface area contributed by atoms with E-state index in [1.165, 1.54) is 56.7 Å². The normalized spacial score (nSPS) is 11.4. The number of nitrogens with two attached hydrogens (primary N) is 1. The number of ether oxygens (including phenoxy) is 2. The van der Waals surface area contributed by atoms with Crippen molar-refractivity contribution in [2.24, 2.45) is 5.14 Å². The molecule has 0 aliphatic heterocycles. The van der Waals surface area contributed by atoms with Gasteiger partial charge >= 0.3 is 0 Å². The van der Waals surface area contributed by atoms with Gasteiger partial charge in [-0.15, -0.1) is 0 Å². The fourth-order valence-corrected chi connectivity index (χ4v) is 3.70. The van der Waals surface area contributed by atoms with Crippen LogP contribution in [0, 0.1) is 10.1 Å². The zero-order valence-corrected chi connectivity index (χ0v) is 20.4. The smallest absolute Gasteiger partial charge is 0.280 e. The summed E-state index contributed by atoms with van der Waals surface area (Å²) in [5, 5.41) is 21.8. The number of carbonyl (C=O) groups is 2. The Morgan fingerprint density at radius 2 is 1.57 bits per heavy atom. The Kier molecular flexibility index (Phi) is 8.22. The number of anilines is 1. The van der Waals surface area contributed by atoms with Crippen LogP contribution in [-0.2, 0) is 14.8 Å². The van der Waals surface area contributed by atoms with E-state index in [0.29, 0.717) is 0 Å². The number of nitro groups is 1. The third-order valence-corrected chi connectivity index (χ3v) is 5.93. The molecule has 3 aromatic carbocycles. The second-order valence-electron chi connectivity index (χ2n) is 7.42. The number of nitrogens with zero attached hydrogens (tertiary/aromatic N) is 1. The van der Waals surface area contributed by atoms with Gasteiger partial charge < -0.3 is 20.1 Å². The van der Waals surface area contributed by atoms with E-state index in [4.69, 9.17) is 14.6 Å². The molecule has 0 saturated heterocycles. The Morgan fingerprint density at radius 3 is 2.11 bits per heavy atom. The van der Waals surface area contributed by atoms with Crippen LogP contribution in [0.15, 0.2) is 77.3 Å². The van der Waals surface area contributed by atoms with E-state index in [-0.39, 0.29) is 38.9 Å². The number of sulfonamides is 1. The minimum atomic E-state index is -3.94. The van der Waals surface area contributed by atoms with E-state index in [9.17, 15) is 28.1 Å². The highest BCUT2D eigenvalue weighted by Crippen LogP contribution is 2.35. The van der Waals surface area contributed by atoms with Crippen LogP contribution in [0.25, 0.3) is 6.08 Å². The van der Waals surface area contributed by atoms with Gasteiger partial charge in [0.15, 0.2) is 11.5 Å². The molecule has 4 N–H and O–H groups in total. The Hall–Kier alpha value is -4.75. The van der Waals surface area contributed by atoms with E-state index in [1.807, 2.05) is 0 Å². The van der Waals surface area contributed by atoms with Gasteiger partial charge in [-0.05, 0) is 48.5 Å². The lowest BCUT2D eigenvalue weighted by atomic mass is 10.1. The van der Waals surface area contributed by atoms with Gasteiger partial charge in [-0.2, -0.15) is 0 Å². The van der Waals surface area contributed by atoms with E-state index in [2.05, 4.69) is 10.6 Å². The zero-order chi connectivity index (χ0) is 27.2. The van der Waals surface area contributed by atoms with Crippen LogP contribution in [0.1, 0.15) is 15.9 Å². The third-order valence-electron chi connectivity index (χ3n) is 5.00. The van der Waals surface area contributed by atoms with Crippen molar-refractivity contribution in [3.63, 3.8) is 0 Å². The van der Waals surface area contributed by atoms with Crippen LogP contribution in [0.3, 0.4) is 0 Å². The summed E-state index contributed by atoms with van der Waals surface area (Å²) in [6, 6.07) is 15.4. The van der Waals surface area contributed by atoms with Crippen molar-refractivity contribution < 1.29 is 32.4 Å². The molecule has 0 aliphatic carbocycles. The molecule has 3 rings (SSSR count). The summed E-state index contributed by atoms with van der Waals surface area (Å²) in [7, 11) is -1.29. The molecule has 0 saturated carbocycles. The number of benzene rings is 3. The average molecular weight is 527 g/mol. The maximum Gasteiger partial charge on any atom is 0.280 e. The number of methoxy groups -OCH3 is 2. The van der Waals surface area contributed by atoms with Crippen LogP contribution in [0.5, 0.6) is 11.5 Å². The maximum absolute atomic E-state index is 13.2. The van der Waals surface area contributed by atoms with Crippen molar-refractivity contribution in [1.29, 1.82) is 0 Å². The fourth-order valence-electron chi connectivity index (χ4n) is 3.18. The number of hydrogen-bond donors (Lipinski definition) is 3. The maximum atomic E-state index is 13.2. The number of nitrogens with one attached hydrogen (secondary N) is 2. The van der Waals surface area contributed by atoms with Gasteiger partial charge in [0.25, 0.3) is 17.5 Å². The number of carbonyl (C=O) groups excluding carboxylic acids is 2. The largest absolute Gasteiger partial charge is 0.493 e. The van der Waals surface area contributed by atoms with Crippen molar-refractivity contribution in [3.8, 4) is 11.5 Å². The molecule has 0 bridgehead atoms. The van der Waals surface area contributed by atoms with Gasteiger partial charge in [-0.3, -0.25) is 19.7 Å². The zero-order valence-electron chi connectivity index (χ0n) is 19.6. The van der Waals surface area contributed by atoms with E-state index >= 15 is 0 Å². The SMILES string of the molecule is COc1cc(/C=C(\NC(=O)c2ccccc2)C(=O)Nc2ccc(S(N)(=O)=O)cc2)c([N+](=O)[O-])cc1OC. The highest BCUT2D eigenvalue weighted by Gasteiger charge is 2.22. The summed E-state index contributed by atoms with van der Waals surface area (Å²) in [5.41, 5.74) is -0.376. The minimum Gasteiger partial charge on any atom is -0.493 e. The average Bonchev–Trinajstić information content (AvgIpc) is 2.88. The van der Waals surface area contributed by atoms with E-state index < -0.39 is 32.4 Å². The summed E-state index contributed by atoms with van der Waals surface area (Å²) in [5.74, 6) is -1.22. The summed E-state index contributed by atoms with van der Waals surface area (Å²) in [4.78, 5) is 36.9. The summed E-state index contributed by atoms with van der Waals surface area (Å²) in [6.07, 6.45) is 1.12. The molecule has 0 fully saturated rings. The van der Waals surface area contributed by atoms with Gasteiger partial charge in [0.05, 0.1) is 35.7 Å². The first-order valence-electron chi connectivity index (χ1n) is 10.5. The van der Waals surface area contributed by atoms with Crippen molar-refractivity contribution in [3.05, 3.63) is 93.7 Å². The molecule has 2 amide bonds. The predicted molar refractivity (Wildman–Crippen MR) is 135 cm³/mol. The molecule has 0 aliphatic rings. The molecule has 37 heavy (non-hydrogen) atoms. The van der Waals surface area contributed by atoms with Crippen LogP contribution >= 0.6 is 0 Å². The van der Waals surface area contributed by atoms with Crippen molar-refractivity contribution in [2.45, 2.75) is 4.90 Å². The molecule has 0 aromatic heterocycles. The number of primary sulfonamides is 1. The third kappa shape index (κ3) is 6.68. The molecule has 0 atom stereocenters. The molecular weight excluding hydrogens is 504 g/mol. The van der Waals surface area contributed by atoms with Crippen LogP contribution in [-0.4, -0.2) is 39.4 Å². The molecule has 0 unspecified atom stereocenters. The highest BCUT2D eigenvalue weighted by molar-refractivity contribution is 7.89. The Labute approximate surface area is 211 Å². The molecule has 0 spiro atoms. The minimum absolute atomic E-state index is 0.0502. The molecular formula is C24H22N4O8S. The quantitative estimate of drug-likeness (QED) is 0.216. The Morgan fingerprint density at radius 1 is 0.973 bits per heavy atom. The monoisotopic (exact) mass is 526 g/mol. The summed E-state index contributed by atoms with van der Waals surface area (Å²) < 4.78 is 33.3. The first-order valence-corrected chi connectivity index (χ1v) is 12.0. The van der Waals surface area contributed by atoms with Gasteiger partial charge in [0.1, 0.15) is 5.70 Å². The van der Waals surface area contributed by atoms with Gasteiger partial charge in [0, 0.05) is 11.3 Å². The standard InChI is InChI=1S/C24H22N4O8S/c1-35-21-13-16(20(28(31)32)14-22(21)36-2)12-19(27-23(29)15-6-4-3-5-7-15)24(30)26-17-8-10-18(11-9-17)37(25,33)34/h3-14H,1-2H3,(H,26,30)(H,27,29)(H2,25,33,34)/b19-12-. The summed E-state index contributed by atoms with van der Waals surface area (Å²) in [6.45, 7) is 0. The molecule has 0 heterocycles. The Balaban J connectivity index is 2.05. The predicted octanol–water partition coefficient (Wildman–Crippen LogP) is 2.67. The second kappa shape index (κ2) is 11.3. The van der Waals surface area contributed by atoms with Gasteiger partial charge in [-0.25, -0.2) is 13.6 Å². The number of nitro benzene ring substituents is 1. The van der Waals surface area contributed by atoms with Crippen LogP contribution < -0.4 is 25.2 Å². The lowest BCUT2D eigenvalue weighted by Crippen LogP contribution is -2.30. The van der Waals surface area contributed by atoms with Crippen LogP contribution in [0.2, 0.25) is 0 Å². The number of amides is 2. The fraction of sp³-hybridized carbons (Fsp3) is 0.0833. The first kappa shape index (κ1) is 26.8. The number of hydrogen-bond acceptors (Lipinski definition) is 8. The van der Waals surface area contributed by atoms with Crippen molar-refractivity contribution >= 4 is 39.3 Å². The highest BCUT2D eigenvalue weighted by atomic mass is 32.2. The molecule has 192 valence electrons. The van der Waals surface area contributed by atoms with Crippen molar-refractivity contribution in [2.75, 3.05) is 19.5 Å². The second-order valence-corrected chi connectivity index (χ2v) is 8.99. The van der Waals surface area contributed by atoms with Crippen molar-refractivity contribution in [1.82, 2.24) is 5.32 Å². The molecule has 3 aromatic rings. The van der Waals surface area contributed by atoms with Gasteiger partial charge in [-0.1, -0.05) is 18.2 Å². The summed E-state index contributed by atoms with van der Waals surface area (Å²) >= 11 is 0. The van der Waals surface area contributed by atoms with Gasteiger partial charge in [0.2, 0.25) is 10.0 Å². The topological polar surface area (TPSA) is 180 Å². The van der Waals surface area contributed by atoms with E-state index in [0.717, 1.165) is 12.1 Å². The van der Waals surface area contributed by atoms with Crippen LogP contribution in [0.4, 0.5) is 11.4 Å². The first-order chi connectivity index (χ1) is 17.5. The number of rotatable bonds is 9. The molecule has 0 radical (unpaired) electrons. The molecule has 13 heteroatoms. The lowest BCUT2D eigenvalue weighted by molar-refractivity contribution is -0.385.